The number of hydrogen-bond acceptors (Lipinski definition) is 6. The lowest BCUT2D eigenvalue weighted by molar-refractivity contribution is -0.886. The number of carbonyl (C=O) groups is 4. The fraction of sp³-hybridized carbons (Fsp3) is 0.643. The molecule has 1 aliphatic rings. The molecule has 0 saturated carbocycles. The van der Waals surface area contributed by atoms with E-state index in [-0.39, 0.29) is 11.8 Å². The van der Waals surface area contributed by atoms with Gasteiger partial charge in [-0.15, -0.1) is 0 Å². The maximum atomic E-state index is 12.8. The Kier molecular flexibility index (Phi) is 16.7. The minimum atomic E-state index is -5.19. The van der Waals surface area contributed by atoms with Crippen LogP contribution in [-0.4, -0.2) is 79.6 Å². The molecular formula is C28H39F6N3O5S. The van der Waals surface area contributed by atoms with Crippen LogP contribution in [0.5, 0.6) is 0 Å². The minimum absolute atomic E-state index is 0.209. The van der Waals surface area contributed by atoms with E-state index in [0.717, 1.165) is 37.8 Å². The number of ketones is 1. The molecule has 1 aromatic carbocycles. The van der Waals surface area contributed by atoms with Gasteiger partial charge in [-0.1, -0.05) is 44.2 Å². The van der Waals surface area contributed by atoms with Gasteiger partial charge in [0.05, 0.1) is 31.9 Å². The molecule has 0 aliphatic carbocycles. The van der Waals surface area contributed by atoms with Crippen molar-refractivity contribution >= 4 is 35.3 Å². The van der Waals surface area contributed by atoms with Crippen LogP contribution in [0.1, 0.15) is 57.4 Å². The largest absolute Gasteiger partial charge is 0.542 e. The van der Waals surface area contributed by atoms with Crippen molar-refractivity contribution in [3.05, 3.63) is 35.9 Å². The van der Waals surface area contributed by atoms with Crippen LogP contribution in [0.25, 0.3) is 0 Å². The van der Waals surface area contributed by atoms with Crippen LogP contribution in [0.15, 0.2) is 30.3 Å². The summed E-state index contributed by atoms with van der Waals surface area (Å²) >= 11 is 0.891. The Morgan fingerprint density at radius 1 is 1.02 bits per heavy atom. The molecule has 2 rings (SSSR count). The Hall–Kier alpha value is -2.81. The number of carboxylic acids is 1. The molecule has 3 atom stereocenters. The second kappa shape index (κ2) is 18.8. The third kappa shape index (κ3) is 16.6. The summed E-state index contributed by atoms with van der Waals surface area (Å²) in [6, 6.07) is 9.68. The predicted octanol–water partition coefficient (Wildman–Crippen LogP) is 2.04. The van der Waals surface area contributed by atoms with Gasteiger partial charge in [0.25, 0.3) is 0 Å². The van der Waals surface area contributed by atoms with Crippen molar-refractivity contribution in [1.82, 2.24) is 10.6 Å². The number of carboxylic acid groups (broad SMARTS) is 1. The van der Waals surface area contributed by atoms with Crippen molar-refractivity contribution in [2.24, 2.45) is 5.92 Å². The number of halogens is 6. The molecule has 8 nitrogen and oxygen atoms in total. The number of hydrogen-bond donors (Lipinski definition) is 3. The molecule has 43 heavy (non-hydrogen) atoms. The highest BCUT2D eigenvalue weighted by atomic mass is 32.2. The Morgan fingerprint density at radius 3 is 2.21 bits per heavy atom. The number of quaternary nitrogens is 1. The van der Waals surface area contributed by atoms with Gasteiger partial charge in [-0.2, -0.15) is 38.1 Å². The Bertz CT molecular complexity index is 1020. The average molecular weight is 644 g/mol. The summed E-state index contributed by atoms with van der Waals surface area (Å²) in [5, 5.41) is 14.5. The van der Waals surface area contributed by atoms with E-state index >= 15 is 0 Å². The van der Waals surface area contributed by atoms with Gasteiger partial charge in [0.15, 0.2) is 0 Å². The summed E-state index contributed by atoms with van der Waals surface area (Å²) in [6.45, 7) is 7.36. The van der Waals surface area contributed by atoms with Crippen LogP contribution in [-0.2, 0) is 19.2 Å². The SMILES string of the molecule is CC(C)CCC(=O)N[C@@H](CCCSCC(=O)C(F)(F)F)C(=O)NCC[NH+]1CCC(c2ccccc2)C1.O=C([O-])C(F)(F)F. The summed E-state index contributed by atoms with van der Waals surface area (Å²) in [6.07, 6.45) is -7.17. The van der Waals surface area contributed by atoms with E-state index in [2.05, 4.69) is 34.9 Å². The van der Waals surface area contributed by atoms with Crippen LogP contribution < -0.4 is 20.6 Å². The Balaban J connectivity index is 0.00000117. The van der Waals surface area contributed by atoms with Gasteiger partial charge in [0.2, 0.25) is 17.6 Å². The van der Waals surface area contributed by atoms with Crippen LogP contribution in [0.4, 0.5) is 26.3 Å². The highest BCUT2D eigenvalue weighted by Crippen LogP contribution is 2.20. The summed E-state index contributed by atoms with van der Waals surface area (Å²) in [7, 11) is 0. The van der Waals surface area contributed by atoms with Crippen LogP contribution in [0.2, 0.25) is 0 Å². The standard InChI is InChI=1S/C26H38F3N3O3S.C2HF3O2/c1-19(2)10-11-24(34)31-22(9-6-16-36-18-23(33)26(27,28)29)25(35)30-13-15-32-14-12-21(17-32)20-7-4-3-5-8-20;3-2(4,5)1(6)7/h3-5,7-8,19,21-22H,6,9-18H2,1-2H3,(H,30,35)(H,31,34);(H,6,7)/t21?,22-;/m0./s1. The highest BCUT2D eigenvalue weighted by molar-refractivity contribution is 7.99. The minimum Gasteiger partial charge on any atom is -0.542 e. The molecule has 1 aliphatic heterocycles. The molecule has 15 heteroatoms. The van der Waals surface area contributed by atoms with Gasteiger partial charge in [-0.3, -0.25) is 14.4 Å². The molecule has 244 valence electrons. The molecule has 1 heterocycles. The lowest BCUT2D eigenvalue weighted by atomic mass is 9.99. The van der Waals surface area contributed by atoms with Gasteiger partial charge < -0.3 is 25.4 Å². The number of Topliss-reactive ketones (excluding diaryl/α,β-unsaturated/α-hetero) is 1. The number of rotatable bonds is 15. The molecule has 2 unspecified atom stereocenters. The van der Waals surface area contributed by atoms with Gasteiger partial charge in [-0.05, 0) is 36.5 Å². The molecule has 0 spiro atoms. The zero-order valence-electron chi connectivity index (χ0n) is 24.1. The van der Waals surface area contributed by atoms with Crippen molar-refractivity contribution < 1.29 is 55.5 Å². The number of likely N-dealkylation sites (tertiary alicyclic amines) is 1. The maximum absolute atomic E-state index is 12.8. The van der Waals surface area contributed by atoms with E-state index < -0.39 is 35.9 Å². The van der Waals surface area contributed by atoms with Gasteiger partial charge in [0, 0.05) is 18.8 Å². The smallest absolute Gasteiger partial charge is 0.450 e. The third-order valence-electron chi connectivity index (χ3n) is 6.59. The number of benzene rings is 1. The molecule has 3 N–H and O–H groups in total. The van der Waals surface area contributed by atoms with E-state index in [9.17, 15) is 40.7 Å². The van der Waals surface area contributed by atoms with E-state index in [0.29, 0.717) is 49.8 Å². The van der Waals surface area contributed by atoms with Crippen molar-refractivity contribution in [3.63, 3.8) is 0 Å². The number of thioether (sulfide) groups is 1. The molecule has 1 fully saturated rings. The van der Waals surface area contributed by atoms with Crippen LogP contribution in [0, 0.1) is 5.92 Å². The van der Waals surface area contributed by atoms with Crippen molar-refractivity contribution in [3.8, 4) is 0 Å². The topological polar surface area (TPSA) is 120 Å². The monoisotopic (exact) mass is 643 g/mol. The fourth-order valence-electron chi connectivity index (χ4n) is 4.24. The predicted molar refractivity (Wildman–Crippen MR) is 147 cm³/mol. The Labute approximate surface area is 251 Å². The first-order valence-electron chi connectivity index (χ1n) is 13.9. The van der Waals surface area contributed by atoms with E-state index in [1.165, 1.54) is 10.5 Å². The summed E-state index contributed by atoms with van der Waals surface area (Å²) in [5.41, 5.74) is 1.34. The lowest BCUT2D eigenvalue weighted by Gasteiger charge is -2.20. The summed E-state index contributed by atoms with van der Waals surface area (Å²) in [4.78, 5) is 46.4. The number of nitrogens with one attached hydrogen (secondary N) is 3. The Morgan fingerprint density at radius 2 is 1.65 bits per heavy atom. The van der Waals surface area contributed by atoms with Gasteiger partial charge in [-0.25, -0.2) is 0 Å². The highest BCUT2D eigenvalue weighted by Gasteiger charge is 2.37. The first-order chi connectivity index (χ1) is 20.0. The zero-order chi connectivity index (χ0) is 32.6. The lowest BCUT2D eigenvalue weighted by Crippen LogP contribution is -3.11. The van der Waals surface area contributed by atoms with Crippen molar-refractivity contribution in [2.45, 2.75) is 70.3 Å². The molecule has 0 aromatic heterocycles. The zero-order valence-corrected chi connectivity index (χ0v) is 24.9. The maximum Gasteiger partial charge on any atom is 0.450 e. The first kappa shape index (κ1) is 38.2. The average Bonchev–Trinajstić information content (AvgIpc) is 3.39. The normalized spacial score (nSPS) is 17.5. The molecule has 1 aromatic rings. The summed E-state index contributed by atoms with van der Waals surface area (Å²) in [5.74, 6) is -4.71. The molecule has 2 amide bonds. The van der Waals surface area contributed by atoms with E-state index in [1.807, 2.05) is 19.9 Å². The molecule has 0 radical (unpaired) electrons. The quantitative estimate of drug-likeness (QED) is 0.199. The second-order valence-electron chi connectivity index (χ2n) is 10.6. The number of amides is 2. The van der Waals surface area contributed by atoms with E-state index in [4.69, 9.17) is 9.90 Å². The number of carbonyl (C=O) groups excluding carboxylic acids is 4. The van der Waals surface area contributed by atoms with Gasteiger partial charge in [0.1, 0.15) is 12.0 Å². The van der Waals surface area contributed by atoms with Crippen LogP contribution >= 0.6 is 11.8 Å². The molecular weight excluding hydrogens is 604 g/mol. The van der Waals surface area contributed by atoms with Crippen LogP contribution in [0.3, 0.4) is 0 Å². The van der Waals surface area contributed by atoms with Gasteiger partial charge >= 0.3 is 12.4 Å². The first-order valence-corrected chi connectivity index (χ1v) is 15.1. The van der Waals surface area contributed by atoms with E-state index in [1.54, 1.807) is 0 Å². The number of aliphatic carboxylic acids is 1. The number of alkyl halides is 6. The summed E-state index contributed by atoms with van der Waals surface area (Å²) < 4.78 is 68.6. The van der Waals surface area contributed by atoms with Crippen molar-refractivity contribution in [1.29, 1.82) is 0 Å². The third-order valence-corrected chi connectivity index (χ3v) is 7.64. The molecule has 1 saturated heterocycles. The fourth-order valence-corrected chi connectivity index (χ4v) is 5.11. The molecule has 0 bridgehead atoms. The van der Waals surface area contributed by atoms with Crippen molar-refractivity contribution in [2.75, 3.05) is 37.7 Å². The second-order valence-corrected chi connectivity index (χ2v) is 11.7.